The van der Waals surface area contributed by atoms with Crippen LogP contribution in [-0.2, 0) is 4.79 Å². The van der Waals surface area contributed by atoms with Crippen molar-refractivity contribution >= 4 is 12.0 Å². The van der Waals surface area contributed by atoms with E-state index >= 15 is 0 Å². The van der Waals surface area contributed by atoms with Crippen LogP contribution in [0.1, 0.15) is 17.0 Å². The van der Waals surface area contributed by atoms with E-state index in [0.717, 1.165) is 12.1 Å². The average Bonchev–Trinajstić information content (AvgIpc) is 2.97. The number of allylic oxidation sites excluding steroid dienone is 1. The maximum Gasteiger partial charge on any atom is 0.307 e. The molecule has 2 aliphatic carbocycles. The fraction of sp³-hybridized carbons (Fsp3) is 0.250. The van der Waals surface area contributed by atoms with E-state index in [1.54, 1.807) is 6.08 Å². The van der Waals surface area contributed by atoms with Gasteiger partial charge >= 0.3 is 5.97 Å². The molecular weight excluding hydrogens is 214 g/mol. The Balaban J connectivity index is 2.16. The SMILES string of the molecule is O=C(O)[C@H]1[C@@H]2C=Cc3c(F)ccc(F)c3[C@@H]21. The van der Waals surface area contributed by atoms with Crippen molar-refractivity contribution < 1.29 is 18.7 Å². The summed E-state index contributed by atoms with van der Waals surface area (Å²) in [7, 11) is 0. The topological polar surface area (TPSA) is 37.3 Å². The number of rotatable bonds is 1. The van der Waals surface area contributed by atoms with Crippen LogP contribution in [0.25, 0.3) is 6.08 Å². The molecule has 0 saturated heterocycles. The van der Waals surface area contributed by atoms with Crippen LogP contribution in [0.15, 0.2) is 18.2 Å². The average molecular weight is 222 g/mol. The second-order valence-corrected chi connectivity index (χ2v) is 4.18. The van der Waals surface area contributed by atoms with Crippen LogP contribution < -0.4 is 0 Å². The Morgan fingerprint density at radius 3 is 2.62 bits per heavy atom. The molecule has 82 valence electrons. The molecule has 0 unspecified atom stereocenters. The summed E-state index contributed by atoms with van der Waals surface area (Å²) in [4.78, 5) is 10.9. The standard InChI is InChI=1S/C12H8F2O2/c13-7-3-4-8(14)9-5(7)1-2-6-10(9)11(6)12(15)16/h1-4,6,10-11H,(H,15,16)/t6-,10-,11+/m1/s1. The maximum atomic E-state index is 13.6. The van der Waals surface area contributed by atoms with Crippen molar-refractivity contribution in [1.29, 1.82) is 0 Å². The highest BCUT2D eigenvalue weighted by molar-refractivity contribution is 5.80. The van der Waals surface area contributed by atoms with Gasteiger partial charge in [0.1, 0.15) is 11.6 Å². The fourth-order valence-corrected chi connectivity index (χ4v) is 2.56. The van der Waals surface area contributed by atoms with Crippen LogP contribution >= 0.6 is 0 Å². The van der Waals surface area contributed by atoms with Gasteiger partial charge < -0.3 is 5.11 Å². The molecule has 0 aromatic heterocycles. The molecule has 2 aliphatic rings. The van der Waals surface area contributed by atoms with Crippen molar-refractivity contribution in [3.05, 3.63) is 41.0 Å². The molecule has 3 atom stereocenters. The molecule has 3 rings (SSSR count). The Hall–Kier alpha value is -1.71. The number of hydrogen-bond acceptors (Lipinski definition) is 1. The van der Waals surface area contributed by atoms with Gasteiger partial charge in [-0.3, -0.25) is 4.79 Å². The fourth-order valence-electron chi connectivity index (χ4n) is 2.56. The summed E-state index contributed by atoms with van der Waals surface area (Å²) in [6.07, 6.45) is 3.14. The van der Waals surface area contributed by atoms with Gasteiger partial charge in [0.15, 0.2) is 0 Å². The lowest BCUT2D eigenvalue weighted by atomic mass is 9.96. The molecule has 2 nitrogen and oxygen atoms in total. The quantitative estimate of drug-likeness (QED) is 0.792. The lowest BCUT2D eigenvalue weighted by Crippen LogP contribution is -2.02. The van der Waals surface area contributed by atoms with Gasteiger partial charge in [0.05, 0.1) is 5.92 Å². The molecule has 0 aliphatic heterocycles. The largest absolute Gasteiger partial charge is 0.481 e. The van der Waals surface area contributed by atoms with E-state index in [0.29, 0.717) is 0 Å². The van der Waals surface area contributed by atoms with E-state index in [9.17, 15) is 13.6 Å². The predicted molar refractivity (Wildman–Crippen MR) is 52.7 cm³/mol. The first kappa shape index (κ1) is 9.51. The maximum absolute atomic E-state index is 13.6. The first-order valence-corrected chi connectivity index (χ1v) is 5.00. The van der Waals surface area contributed by atoms with E-state index in [4.69, 9.17) is 5.11 Å². The lowest BCUT2D eigenvalue weighted by Gasteiger charge is -2.11. The van der Waals surface area contributed by atoms with E-state index in [2.05, 4.69) is 0 Å². The third-order valence-electron chi connectivity index (χ3n) is 3.36. The van der Waals surface area contributed by atoms with Crippen molar-refractivity contribution in [2.75, 3.05) is 0 Å². The van der Waals surface area contributed by atoms with E-state index in [1.807, 2.05) is 0 Å². The molecule has 4 heteroatoms. The van der Waals surface area contributed by atoms with Crippen molar-refractivity contribution in [3.63, 3.8) is 0 Å². The minimum atomic E-state index is -0.948. The summed E-state index contributed by atoms with van der Waals surface area (Å²) in [5.41, 5.74) is 0.421. The van der Waals surface area contributed by atoms with Gasteiger partial charge in [0.2, 0.25) is 0 Å². The number of fused-ring (bicyclic) bond motifs is 3. The van der Waals surface area contributed by atoms with E-state index < -0.39 is 29.4 Å². The third kappa shape index (κ3) is 1.07. The van der Waals surface area contributed by atoms with Crippen LogP contribution in [0.2, 0.25) is 0 Å². The van der Waals surface area contributed by atoms with Gasteiger partial charge in [0.25, 0.3) is 0 Å². The zero-order valence-corrected chi connectivity index (χ0v) is 8.15. The Labute approximate surface area is 90.2 Å². The summed E-state index contributed by atoms with van der Waals surface area (Å²) < 4.78 is 27.0. The summed E-state index contributed by atoms with van der Waals surface area (Å²) in [5.74, 6) is -3.14. The Bertz CT molecular complexity index is 522. The van der Waals surface area contributed by atoms with Crippen LogP contribution in [-0.4, -0.2) is 11.1 Å². The summed E-state index contributed by atoms with van der Waals surface area (Å²) in [6.45, 7) is 0. The second-order valence-electron chi connectivity index (χ2n) is 4.18. The number of carbonyl (C=O) groups is 1. The molecule has 1 fully saturated rings. The zero-order valence-electron chi connectivity index (χ0n) is 8.15. The van der Waals surface area contributed by atoms with Gasteiger partial charge in [-0.1, -0.05) is 12.2 Å². The smallest absolute Gasteiger partial charge is 0.307 e. The highest BCUT2D eigenvalue weighted by Gasteiger charge is 2.57. The second kappa shape index (κ2) is 2.90. The third-order valence-corrected chi connectivity index (χ3v) is 3.36. The van der Waals surface area contributed by atoms with Crippen LogP contribution in [0, 0.1) is 23.5 Å². The molecule has 0 bridgehead atoms. The Morgan fingerprint density at radius 1 is 1.25 bits per heavy atom. The molecule has 1 aromatic carbocycles. The number of carboxylic acids is 1. The number of hydrogen-bond donors (Lipinski definition) is 1. The molecule has 0 radical (unpaired) electrons. The normalized spacial score (nSPS) is 29.5. The molecule has 1 N–H and O–H groups in total. The first-order chi connectivity index (χ1) is 7.61. The van der Waals surface area contributed by atoms with E-state index in [1.165, 1.54) is 6.08 Å². The molecule has 0 heterocycles. The van der Waals surface area contributed by atoms with Gasteiger partial charge in [-0.2, -0.15) is 0 Å². The van der Waals surface area contributed by atoms with Gasteiger partial charge in [-0.05, 0) is 18.1 Å². The van der Waals surface area contributed by atoms with Crippen LogP contribution in [0.5, 0.6) is 0 Å². The van der Waals surface area contributed by atoms with E-state index in [-0.39, 0.29) is 17.0 Å². The highest BCUT2D eigenvalue weighted by atomic mass is 19.1. The summed E-state index contributed by atoms with van der Waals surface area (Å²) >= 11 is 0. The van der Waals surface area contributed by atoms with Crippen LogP contribution in [0.3, 0.4) is 0 Å². The van der Waals surface area contributed by atoms with Crippen molar-refractivity contribution in [3.8, 4) is 0 Å². The Morgan fingerprint density at radius 2 is 1.94 bits per heavy atom. The summed E-state index contributed by atoms with van der Waals surface area (Å²) in [5, 5.41) is 8.92. The predicted octanol–water partition coefficient (Wildman–Crippen LogP) is 2.41. The lowest BCUT2D eigenvalue weighted by molar-refractivity contribution is -0.138. The van der Waals surface area contributed by atoms with Crippen molar-refractivity contribution in [2.24, 2.45) is 11.8 Å². The van der Waals surface area contributed by atoms with Crippen LogP contribution in [0.4, 0.5) is 8.78 Å². The van der Waals surface area contributed by atoms with Crippen molar-refractivity contribution in [2.45, 2.75) is 5.92 Å². The molecule has 1 aromatic rings. The van der Waals surface area contributed by atoms with Crippen molar-refractivity contribution in [1.82, 2.24) is 0 Å². The number of aliphatic carboxylic acids is 1. The number of halogens is 2. The zero-order chi connectivity index (χ0) is 11.4. The monoisotopic (exact) mass is 222 g/mol. The minimum Gasteiger partial charge on any atom is -0.481 e. The molecule has 1 saturated carbocycles. The van der Waals surface area contributed by atoms with Gasteiger partial charge in [-0.15, -0.1) is 0 Å². The molecular formula is C12H8F2O2. The molecule has 16 heavy (non-hydrogen) atoms. The highest BCUT2D eigenvalue weighted by Crippen LogP contribution is 2.59. The number of benzene rings is 1. The van der Waals surface area contributed by atoms with Gasteiger partial charge in [-0.25, -0.2) is 8.78 Å². The molecule has 0 spiro atoms. The molecule has 0 amide bonds. The minimum absolute atomic E-state index is 0.179. The number of carboxylic acid groups (broad SMARTS) is 1. The summed E-state index contributed by atoms with van der Waals surface area (Å²) in [6, 6.07) is 2.12. The van der Waals surface area contributed by atoms with Gasteiger partial charge in [0, 0.05) is 17.0 Å². The first-order valence-electron chi connectivity index (χ1n) is 5.00. The Kier molecular flexibility index (Phi) is 1.73.